The van der Waals surface area contributed by atoms with Gasteiger partial charge in [0.05, 0.1) is 34.3 Å². The van der Waals surface area contributed by atoms with Gasteiger partial charge in [0.2, 0.25) is 10.0 Å². The van der Waals surface area contributed by atoms with Crippen LogP contribution in [0.2, 0.25) is 10.0 Å². The van der Waals surface area contributed by atoms with Crippen LogP contribution in [-0.4, -0.2) is 47.6 Å². The predicted octanol–water partition coefficient (Wildman–Crippen LogP) is 5.22. The van der Waals surface area contributed by atoms with E-state index in [1.807, 2.05) is 26.0 Å². The highest BCUT2D eigenvalue weighted by molar-refractivity contribution is 7.89. The molecule has 1 saturated heterocycles. The van der Waals surface area contributed by atoms with Crippen LogP contribution in [0.15, 0.2) is 47.4 Å². The largest absolute Gasteiger partial charge is 0.328 e. The average Bonchev–Trinajstić information content (AvgIpc) is 3.49. The van der Waals surface area contributed by atoms with Crippen molar-refractivity contribution in [2.24, 2.45) is 0 Å². The zero-order valence-corrected chi connectivity index (χ0v) is 22.7. The van der Waals surface area contributed by atoms with Gasteiger partial charge in [0, 0.05) is 46.0 Å². The number of benzene rings is 2. The Morgan fingerprint density at radius 3 is 2.51 bits per heavy atom. The third-order valence-electron chi connectivity index (χ3n) is 7.12. The van der Waals surface area contributed by atoms with Crippen LogP contribution in [0.4, 0.5) is 0 Å². The van der Waals surface area contributed by atoms with Crippen LogP contribution in [0.25, 0.3) is 11.1 Å². The Hall–Kier alpha value is -2.96. The van der Waals surface area contributed by atoms with Crippen molar-refractivity contribution in [1.82, 2.24) is 14.2 Å². The van der Waals surface area contributed by atoms with Crippen LogP contribution in [-0.2, 0) is 23.0 Å². The lowest BCUT2D eigenvalue weighted by Gasteiger charge is -2.24. The Labute approximate surface area is 226 Å². The Morgan fingerprint density at radius 1 is 1.14 bits per heavy atom. The van der Waals surface area contributed by atoms with Gasteiger partial charge in [-0.25, -0.2) is 8.42 Å². The molecule has 37 heavy (non-hydrogen) atoms. The quantitative estimate of drug-likeness (QED) is 0.431. The fourth-order valence-electron chi connectivity index (χ4n) is 5.27. The van der Waals surface area contributed by atoms with E-state index in [9.17, 15) is 13.2 Å². The number of nitrogens with zero attached hydrogens (tertiary/aromatic N) is 4. The minimum atomic E-state index is -3.75. The lowest BCUT2D eigenvalue weighted by molar-refractivity contribution is 0.0712. The summed E-state index contributed by atoms with van der Waals surface area (Å²) in [6.07, 6.45) is 1.19. The van der Waals surface area contributed by atoms with Crippen LogP contribution >= 0.6 is 23.2 Å². The first-order chi connectivity index (χ1) is 17.6. The van der Waals surface area contributed by atoms with E-state index in [1.165, 1.54) is 28.6 Å². The van der Waals surface area contributed by atoms with Gasteiger partial charge >= 0.3 is 0 Å². The molecule has 0 saturated carbocycles. The molecule has 3 aromatic rings. The maximum absolute atomic E-state index is 13.9. The zero-order chi connectivity index (χ0) is 26.5. The van der Waals surface area contributed by atoms with Gasteiger partial charge in [-0.3, -0.25) is 9.78 Å². The van der Waals surface area contributed by atoms with Crippen LogP contribution in [0.3, 0.4) is 0 Å². The van der Waals surface area contributed by atoms with Crippen LogP contribution in [0, 0.1) is 18.3 Å². The summed E-state index contributed by atoms with van der Waals surface area (Å²) >= 11 is 12.7. The van der Waals surface area contributed by atoms with E-state index in [4.69, 9.17) is 33.4 Å². The van der Waals surface area contributed by atoms with E-state index in [1.54, 1.807) is 17.0 Å². The molecule has 7 nitrogen and oxygen atoms in total. The number of pyridine rings is 1. The number of amides is 1. The molecule has 1 fully saturated rings. The maximum Gasteiger partial charge on any atom is 0.257 e. The highest BCUT2D eigenvalue weighted by Gasteiger charge is 2.42. The lowest BCUT2D eigenvalue weighted by atomic mass is 9.91. The Kier molecular flexibility index (Phi) is 6.75. The van der Waals surface area contributed by atoms with E-state index in [-0.39, 0.29) is 23.4 Å². The molecular formula is C27H24Cl2N4O3S. The summed E-state index contributed by atoms with van der Waals surface area (Å²) in [5.41, 5.74) is 4.90. The average molecular weight is 555 g/mol. The molecule has 0 bridgehead atoms. The van der Waals surface area contributed by atoms with E-state index >= 15 is 0 Å². The van der Waals surface area contributed by atoms with Crippen molar-refractivity contribution >= 4 is 39.1 Å². The van der Waals surface area contributed by atoms with Crippen LogP contribution in [0.5, 0.6) is 0 Å². The molecule has 1 aromatic heterocycles. The van der Waals surface area contributed by atoms with Gasteiger partial charge in [-0.2, -0.15) is 9.57 Å². The molecule has 5 rings (SSSR count). The molecule has 0 N–H and O–H groups in total. The third-order valence-corrected chi connectivity index (χ3v) is 9.54. The number of nitriles is 1. The number of aryl methyl sites for hydroxylation is 1. The summed E-state index contributed by atoms with van der Waals surface area (Å²) in [6, 6.07) is 12.8. The van der Waals surface area contributed by atoms with Gasteiger partial charge in [0.25, 0.3) is 5.91 Å². The minimum absolute atomic E-state index is 0.132. The second-order valence-electron chi connectivity index (χ2n) is 9.22. The van der Waals surface area contributed by atoms with Gasteiger partial charge in [-0.05, 0) is 61.7 Å². The van der Waals surface area contributed by atoms with Crippen molar-refractivity contribution in [1.29, 1.82) is 5.26 Å². The zero-order valence-electron chi connectivity index (χ0n) is 20.3. The summed E-state index contributed by atoms with van der Waals surface area (Å²) in [5, 5.41) is 9.97. The lowest BCUT2D eigenvalue weighted by Crippen LogP contribution is -2.39. The molecule has 2 aliphatic rings. The third kappa shape index (κ3) is 4.40. The number of hydrogen-bond donors (Lipinski definition) is 0. The normalized spacial score (nSPS) is 17.8. The van der Waals surface area contributed by atoms with Crippen molar-refractivity contribution in [2.45, 2.75) is 44.2 Å². The maximum atomic E-state index is 13.9. The first-order valence-corrected chi connectivity index (χ1v) is 14.1. The predicted molar refractivity (Wildman–Crippen MR) is 142 cm³/mol. The van der Waals surface area contributed by atoms with E-state index in [0.29, 0.717) is 52.8 Å². The van der Waals surface area contributed by atoms with Crippen molar-refractivity contribution in [3.63, 3.8) is 0 Å². The van der Waals surface area contributed by atoms with Gasteiger partial charge in [0.1, 0.15) is 0 Å². The smallest absolute Gasteiger partial charge is 0.257 e. The summed E-state index contributed by atoms with van der Waals surface area (Å²) in [7, 11) is -3.75. The first kappa shape index (κ1) is 25.7. The molecule has 3 heterocycles. The van der Waals surface area contributed by atoms with Gasteiger partial charge in [0.15, 0.2) is 0 Å². The summed E-state index contributed by atoms with van der Waals surface area (Å²) in [5.74, 6) is -0.166. The molecular weight excluding hydrogens is 531 g/mol. The highest BCUT2D eigenvalue weighted by atomic mass is 35.5. The van der Waals surface area contributed by atoms with Crippen LogP contribution in [0.1, 0.15) is 46.2 Å². The molecule has 2 aliphatic heterocycles. The Balaban J connectivity index is 1.47. The number of carbonyl (C=O) groups excluding carboxylic acids is 1. The number of carbonyl (C=O) groups is 1. The van der Waals surface area contributed by atoms with Crippen molar-refractivity contribution in [3.05, 3.63) is 80.6 Å². The topological polar surface area (TPSA) is 94.4 Å². The van der Waals surface area contributed by atoms with Gasteiger partial charge in [-0.15, -0.1) is 0 Å². The van der Waals surface area contributed by atoms with E-state index in [2.05, 4.69) is 0 Å². The monoisotopic (exact) mass is 554 g/mol. The van der Waals surface area contributed by atoms with E-state index < -0.39 is 10.0 Å². The summed E-state index contributed by atoms with van der Waals surface area (Å²) in [4.78, 5) is 20.5. The number of aromatic nitrogens is 1. The number of sulfonamides is 1. The SMILES string of the molecule is CCc1c(C)nc2c(c1-c1ccc(Cl)cc1Cl)C(=O)N([C@H]1CCN(S(=O)(=O)c3ccc(C#N)cc3)C1)C2. The van der Waals surface area contributed by atoms with Crippen molar-refractivity contribution in [2.75, 3.05) is 13.1 Å². The van der Waals surface area contributed by atoms with Gasteiger partial charge in [-0.1, -0.05) is 36.2 Å². The molecule has 0 spiro atoms. The fourth-order valence-corrected chi connectivity index (χ4v) is 7.27. The minimum Gasteiger partial charge on any atom is -0.328 e. The van der Waals surface area contributed by atoms with Crippen molar-refractivity contribution in [3.8, 4) is 17.2 Å². The molecule has 0 unspecified atom stereocenters. The van der Waals surface area contributed by atoms with Gasteiger partial charge < -0.3 is 4.90 Å². The fraction of sp³-hybridized carbons (Fsp3) is 0.296. The molecule has 1 amide bonds. The molecule has 0 radical (unpaired) electrons. The van der Waals surface area contributed by atoms with E-state index in [0.717, 1.165) is 22.4 Å². The highest BCUT2D eigenvalue weighted by Crippen LogP contribution is 2.41. The standard InChI is InChI=1S/C27H24Cl2N4O3S/c1-3-21-16(2)31-24-15-33(27(34)26(24)25(21)22-9-6-18(28)12-23(22)29)19-10-11-32(14-19)37(35,36)20-7-4-17(13-30)5-8-20/h4-9,12,19H,3,10-11,14-15H2,1-2H3/t19-/m0/s1. The molecule has 2 aromatic carbocycles. The molecule has 1 atom stereocenters. The Morgan fingerprint density at radius 2 is 1.86 bits per heavy atom. The van der Waals surface area contributed by atoms with Crippen molar-refractivity contribution < 1.29 is 13.2 Å². The summed E-state index contributed by atoms with van der Waals surface area (Å²) < 4.78 is 27.9. The number of hydrogen-bond acceptors (Lipinski definition) is 5. The number of rotatable bonds is 5. The number of halogens is 2. The second kappa shape index (κ2) is 9.73. The Bertz CT molecular complexity index is 1570. The molecule has 190 valence electrons. The van der Waals surface area contributed by atoms with Crippen LogP contribution < -0.4 is 0 Å². The molecule has 10 heteroatoms. The summed E-state index contributed by atoms with van der Waals surface area (Å²) in [6.45, 7) is 4.76. The first-order valence-electron chi connectivity index (χ1n) is 11.9. The second-order valence-corrected chi connectivity index (χ2v) is 12.0. The number of fused-ring (bicyclic) bond motifs is 1. The molecule has 0 aliphatic carbocycles.